The van der Waals surface area contributed by atoms with Gasteiger partial charge in [0.25, 0.3) is 0 Å². The van der Waals surface area contributed by atoms with Crippen LogP contribution >= 0.6 is 0 Å². The summed E-state index contributed by atoms with van der Waals surface area (Å²) >= 11 is 0. The van der Waals surface area contributed by atoms with E-state index < -0.39 is 0 Å². The van der Waals surface area contributed by atoms with Crippen LogP contribution in [0.3, 0.4) is 0 Å². The van der Waals surface area contributed by atoms with Crippen molar-refractivity contribution < 1.29 is 9.47 Å². The SMILES string of the molecule is Cc1cccc([C@H](C)NCC2CCOCO2)c1. The van der Waals surface area contributed by atoms with Gasteiger partial charge in [-0.1, -0.05) is 29.8 Å². The van der Waals surface area contributed by atoms with Crippen molar-refractivity contribution in [3.63, 3.8) is 0 Å². The van der Waals surface area contributed by atoms with Gasteiger partial charge in [0, 0.05) is 12.6 Å². The third-order valence-corrected chi connectivity index (χ3v) is 3.17. The number of ether oxygens (including phenoxy) is 2. The summed E-state index contributed by atoms with van der Waals surface area (Å²) in [4.78, 5) is 0. The molecule has 0 spiro atoms. The van der Waals surface area contributed by atoms with Crippen LogP contribution < -0.4 is 5.32 Å². The van der Waals surface area contributed by atoms with Gasteiger partial charge in [-0.05, 0) is 25.8 Å². The number of rotatable bonds is 4. The van der Waals surface area contributed by atoms with Gasteiger partial charge in [-0.2, -0.15) is 0 Å². The molecule has 1 fully saturated rings. The Balaban J connectivity index is 1.82. The molecule has 0 radical (unpaired) electrons. The van der Waals surface area contributed by atoms with Crippen molar-refractivity contribution in [3.05, 3.63) is 35.4 Å². The van der Waals surface area contributed by atoms with E-state index in [-0.39, 0.29) is 6.10 Å². The van der Waals surface area contributed by atoms with Crippen LogP contribution in [0.1, 0.15) is 30.5 Å². The molecule has 0 aliphatic carbocycles. The van der Waals surface area contributed by atoms with E-state index in [4.69, 9.17) is 9.47 Å². The lowest BCUT2D eigenvalue weighted by Crippen LogP contribution is -2.35. The zero-order valence-electron chi connectivity index (χ0n) is 10.6. The monoisotopic (exact) mass is 235 g/mol. The smallest absolute Gasteiger partial charge is 0.147 e. The molecule has 1 aromatic rings. The van der Waals surface area contributed by atoms with E-state index >= 15 is 0 Å². The van der Waals surface area contributed by atoms with Crippen molar-refractivity contribution in [3.8, 4) is 0 Å². The van der Waals surface area contributed by atoms with Gasteiger partial charge in [0.2, 0.25) is 0 Å². The first-order valence-corrected chi connectivity index (χ1v) is 6.25. The molecule has 1 saturated heterocycles. The average Bonchev–Trinajstić information content (AvgIpc) is 2.37. The molecule has 1 aliphatic heterocycles. The summed E-state index contributed by atoms with van der Waals surface area (Å²) in [5.41, 5.74) is 2.63. The quantitative estimate of drug-likeness (QED) is 0.869. The maximum atomic E-state index is 5.50. The Labute approximate surface area is 103 Å². The number of aryl methyl sites for hydroxylation is 1. The van der Waals surface area contributed by atoms with E-state index in [1.807, 2.05) is 0 Å². The molecule has 0 amide bonds. The molecular weight excluding hydrogens is 214 g/mol. The number of hydrogen-bond donors (Lipinski definition) is 1. The molecule has 1 aliphatic rings. The van der Waals surface area contributed by atoms with Crippen LogP contribution in [0, 0.1) is 6.92 Å². The molecule has 2 atom stereocenters. The van der Waals surface area contributed by atoms with Gasteiger partial charge >= 0.3 is 0 Å². The molecule has 0 bridgehead atoms. The highest BCUT2D eigenvalue weighted by Crippen LogP contribution is 2.14. The predicted molar refractivity (Wildman–Crippen MR) is 67.9 cm³/mol. The van der Waals surface area contributed by atoms with Crippen molar-refractivity contribution in [2.24, 2.45) is 0 Å². The van der Waals surface area contributed by atoms with Crippen LogP contribution in [-0.4, -0.2) is 26.0 Å². The molecule has 17 heavy (non-hydrogen) atoms. The van der Waals surface area contributed by atoms with Gasteiger partial charge < -0.3 is 14.8 Å². The molecule has 1 unspecified atom stereocenters. The molecule has 1 N–H and O–H groups in total. The fraction of sp³-hybridized carbons (Fsp3) is 0.571. The fourth-order valence-electron chi connectivity index (χ4n) is 2.03. The Morgan fingerprint density at radius 1 is 1.47 bits per heavy atom. The zero-order valence-corrected chi connectivity index (χ0v) is 10.6. The lowest BCUT2D eigenvalue weighted by atomic mass is 10.1. The van der Waals surface area contributed by atoms with E-state index in [0.717, 1.165) is 19.6 Å². The summed E-state index contributed by atoms with van der Waals surface area (Å²) < 4.78 is 10.7. The van der Waals surface area contributed by atoms with E-state index in [9.17, 15) is 0 Å². The maximum absolute atomic E-state index is 5.50. The minimum absolute atomic E-state index is 0.288. The zero-order chi connectivity index (χ0) is 12.1. The first kappa shape index (κ1) is 12.6. The molecule has 1 aromatic carbocycles. The van der Waals surface area contributed by atoms with Crippen LogP contribution in [0.4, 0.5) is 0 Å². The third kappa shape index (κ3) is 3.80. The summed E-state index contributed by atoms with van der Waals surface area (Å²) in [5, 5.41) is 3.52. The van der Waals surface area contributed by atoms with Gasteiger partial charge in [0.05, 0.1) is 12.7 Å². The van der Waals surface area contributed by atoms with Crippen LogP contribution in [0.2, 0.25) is 0 Å². The topological polar surface area (TPSA) is 30.5 Å². The van der Waals surface area contributed by atoms with Crippen molar-refractivity contribution in [1.82, 2.24) is 5.32 Å². The van der Waals surface area contributed by atoms with Crippen molar-refractivity contribution in [2.75, 3.05) is 19.9 Å². The van der Waals surface area contributed by atoms with Crippen molar-refractivity contribution >= 4 is 0 Å². The molecule has 2 rings (SSSR count). The number of hydrogen-bond acceptors (Lipinski definition) is 3. The van der Waals surface area contributed by atoms with Crippen LogP contribution in [0.15, 0.2) is 24.3 Å². The van der Waals surface area contributed by atoms with Gasteiger partial charge in [-0.25, -0.2) is 0 Å². The van der Waals surface area contributed by atoms with Gasteiger partial charge in [0.15, 0.2) is 0 Å². The highest BCUT2D eigenvalue weighted by Gasteiger charge is 2.15. The average molecular weight is 235 g/mol. The van der Waals surface area contributed by atoms with Gasteiger partial charge in [0.1, 0.15) is 6.79 Å². The lowest BCUT2D eigenvalue weighted by Gasteiger charge is -2.25. The fourth-order valence-corrected chi connectivity index (χ4v) is 2.03. The standard InChI is InChI=1S/C14H21NO2/c1-11-4-3-5-13(8-11)12(2)15-9-14-6-7-16-10-17-14/h3-5,8,12,14-15H,6-7,9-10H2,1-2H3/t12-,14?/m0/s1. The summed E-state index contributed by atoms with van der Waals surface area (Å²) in [7, 11) is 0. The van der Waals surface area contributed by atoms with E-state index in [1.165, 1.54) is 11.1 Å². The molecule has 0 aromatic heterocycles. The molecule has 1 heterocycles. The Kier molecular flexibility index (Phi) is 4.54. The van der Waals surface area contributed by atoms with Crippen LogP contribution in [0.5, 0.6) is 0 Å². The second-order valence-corrected chi connectivity index (χ2v) is 4.65. The largest absolute Gasteiger partial charge is 0.355 e. The summed E-state index contributed by atoms with van der Waals surface area (Å²) in [6.45, 7) is 6.45. The van der Waals surface area contributed by atoms with Crippen molar-refractivity contribution in [1.29, 1.82) is 0 Å². The first-order valence-electron chi connectivity index (χ1n) is 6.25. The highest BCUT2D eigenvalue weighted by molar-refractivity contribution is 5.24. The van der Waals surface area contributed by atoms with Crippen LogP contribution in [0.25, 0.3) is 0 Å². The van der Waals surface area contributed by atoms with Crippen molar-refractivity contribution in [2.45, 2.75) is 32.4 Å². The minimum Gasteiger partial charge on any atom is -0.355 e. The number of benzene rings is 1. The number of nitrogens with one attached hydrogen (secondary N) is 1. The molecule has 3 heteroatoms. The summed E-state index contributed by atoms with van der Waals surface area (Å²) in [6, 6.07) is 8.98. The Morgan fingerprint density at radius 2 is 2.35 bits per heavy atom. The van der Waals surface area contributed by atoms with E-state index in [2.05, 4.69) is 43.4 Å². The maximum Gasteiger partial charge on any atom is 0.147 e. The van der Waals surface area contributed by atoms with E-state index in [1.54, 1.807) is 0 Å². The highest BCUT2D eigenvalue weighted by atomic mass is 16.7. The molecular formula is C14H21NO2. The second kappa shape index (κ2) is 6.15. The predicted octanol–water partition coefficient (Wildman–Crippen LogP) is 2.41. The molecule has 94 valence electrons. The first-order chi connectivity index (χ1) is 8.25. The summed E-state index contributed by atoms with van der Waals surface area (Å²) in [6.07, 6.45) is 1.27. The van der Waals surface area contributed by atoms with Crippen LogP contribution in [-0.2, 0) is 9.47 Å². The Morgan fingerprint density at radius 3 is 3.06 bits per heavy atom. The minimum atomic E-state index is 0.288. The third-order valence-electron chi connectivity index (χ3n) is 3.17. The second-order valence-electron chi connectivity index (χ2n) is 4.65. The Hall–Kier alpha value is -0.900. The van der Waals surface area contributed by atoms with Gasteiger partial charge in [-0.15, -0.1) is 0 Å². The molecule has 0 saturated carbocycles. The lowest BCUT2D eigenvalue weighted by molar-refractivity contribution is -0.137. The van der Waals surface area contributed by atoms with E-state index in [0.29, 0.717) is 12.8 Å². The Bertz CT molecular complexity index is 348. The normalized spacial score (nSPS) is 22.4. The summed E-state index contributed by atoms with van der Waals surface area (Å²) in [5.74, 6) is 0. The van der Waals surface area contributed by atoms with Gasteiger partial charge in [-0.3, -0.25) is 0 Å². The molecule has 3 nitrogen and oxygen atoms in total.